The number of benzene rings is 2. The Hall–Kier alpha value is -2.12. The van der Waals surface area contributed by atoms with Crippen molar-refractivity contribution in [1.29, 1.82) is 0 Å². The second kappa shape index (κ2) is 6.11. The van der Waals surface area contributed by atoms with E-state index in [0.717, 1.165) is 0 Å². The van der Waals surface area contributed by atoms with Gasteiger partial charge in [0, 0.05) is 26.8 Å². The maximum Gasteiger partial charge on any atom is 0.294 e. The zero-order valence-electron chi connectivity index (χ0n) is 10.5. The number of nitro groups is 1. The molecule has 0 aliphatic rings. The van der Waals surface area contributed by atoms with E-state index >= 15 is 0 Å². The molecule has 108 valence electrons. The quantitative estimate of drug-likeness (QED) is 0.487. The number of amides is 1. The summed E-state index contributed by atoms with van der Waals surface area (Å²) >= 11 is 8.94. The van der Waals surface area contributed by atoms with Crippen LogP contribution < -0.4 is 11.1 Å². The van der Waals surface area contributed by atoms with Gasteiger partial charge >= 0.3 is 0 Å². The summed E-state index contributed by atoms with van der Waals surface area (Å²) in [4.78, 5) is 22.5. The van der Waals surface area contributed by atoms with E-state index in [1.165, 1.54) is 24.3 Å². The van der Waals surface area contributed by atoms with Crippen LogP contribution in [0.25, 0.3) is 0 Å². The number of hydrogen-bond acceptors (Lipinski definition) is 4. The van der Waals surface area contributed by atoms with Crippen LogP contribution in [0.3, 0.4) is 0 Å². The van der Waals surface area contributed by atoms with E-state index in [2.05, 4.69) is 21.2 Å². The van der Waals surface area contributed by atoms with Crippen molar-refractivity contribution in [3.05, 3.63) is 61.6 Å². The van der Waals surface area contributed by atoms with Gasteiger partial charge < -0.3 is 11.1 Å². The molecule has 2 aromatic carbocycles. The molecule has 21 heavy (non-hydrogen) atoms. The topological polar surface area (TPSA) is 98.3 Å². The molecule has 2 rings (SSSR count). The molecule has 0 aromatic heterocycles. The third kappa shape index (κ3) is 3.71. The van der Waals surface area contributed by atoms with Gasteiger partial charge in [0.1, 0.15) is 5.69 Å². The van der Waals surface area contributed by atoms with Gasteiger partial charge in [-0.1, -0.05) is 27.5 Å². The van der Waals surface area contributed by atoms with Crippen LogP contribution in [-0.4, -0.2) is 10.8 Å². The first-order valence-electron chi connectivity index (χ1n) is 5.68. The standard InChI is InChI=1S/C13H9BrClN3O3/c14-8-3-7(4-10(16)5-8)13(19)17-11-2-1-9(15)6-12(11)18(20)21/h1-6H,16H2,(H,17,19). The van der Waals surface area contributed by atoms with Crippen LogP contribution in [0.5, 0.6) is 0 Å². The molecule has 0 heterocycles. The van der Waals surface area contributed by atoms with Crippen LogP contribution >= 0.6 is 27.5 Å². The summed E-state index contributed by atoms with van der Waals surface area (Å²) in [5.41, 5.74) is 6.12. The lowest BCUT2D eigenvalue weighted by Gasteiger charge is -2.07. The van der Waals surface area contributed by atoms with Crippen LogP contribution in [0.1, 0.15) is 10.4 Å². The van der Waals surface area contributed by atoms with Crippen molar-refractivity contribution in [3.8, 4) is 0 Å². The maximum absolute atomic E-state index is 12.1. The van der Waals surface area contributed by atoms with Gasteiger partial charge in [0.15, 0.2) is 0 Å². The average Bonchev–Trinajstić information content (AvgIpc) is 2.39. The number of carbonyl (C=O) groups excluding carboxylic acids is 1. The summed E-state index contributed by atoms with van der Waals surface area (Å²) in [5, 5.41) is 13.7. The monoisotopic (exact) mass is 369 g/mol. The first kappa shape index (κ1) is 15.3. The van der Waals surface area contributed by atoms with Gasteiger partial charge in [-0.05, 0) is 30.3 Å². The van der Waals surface area contributed by atoms with E-state index < -0.39 is 10.8 Å². The minimum atomic E-state index is -0.614. The second-order valence-corrected chi connectivity index (χ2v) is 5.50. The van der Waals surface area contributed by atoms with E-state index in [-0.39, 0.29) is 22.0 Å². The SMILES string of the molecule is Nc1cc(Br)cc(C(=O)Nc2ccc(Cl)cc2[N+](=O)[O-])c1. The molecule has 0 atom stereocenters. The molecule has 0 bridgehead atoms. The Morgan fingerprint density at radius 2 is 2.00 bits per heavy atom. The van der Waals surface area contributed by atoms with Crippen molar-refractivity contribution < 1.29 is 9.72 Å². The summed E-state index contributed by atoms with van der Waals surface area (Å²) in [5.74, 6) is -0.506. The number of anilines is 2. The summed E-state index contributed by atoms with van der Waals surface area (Å²) in [6.07, 6.45) is 0. The number of nitrogens with two attached hydrogens (primary N) is 1. The fourth-order valence-corrected chi connectivity index (χ4v) is 2.38. The molecular formula is C13H9BrClN3O3. The number of nitrogen functional groups attached to an aromatic ring is 1. The third-order valence-electron chi connectivity index (χ3n) is 2.59. The van der Waals surface area contributed by atoms with Crippen LogP contribution in [-0.2, 0) is 0 Å². The first-order valence-corrected chi connectivity index (χ1v) is 6.85. The van der Waals surface area contributed by atoms with Crippen molar-refractivity contribution in [1.82, 2.24) is 0 Å². The molecule has 8 heteroatoms. The fraction of sp³-hybridized carbons (Fsp3) is 0. The lowest BCUT2D eigenvalue weighted by atomic mass is 10.2. The van der Waals surface area contributed by atoms with Gasteiger partial charge in [-0.25, -0.2) is 0 Å². The molecule has 0 spiro atoms. The highest BCUT2D eigenvalue weighted by Gasteiger charge is 2.17. The molecule has 1 amide bonds. The van der Waals surface area contributed by atoms with Crippen LogP contribution in [0.4, 0.5) is 17.1 Å². The number of halogens is 2. The number of nitrogens with zero attached hydrogens (tertiary/aromatic N) is 1. The van der Waals surface area contributed by atoms with Crippen LogP contribution in [0.2, 0.25) is 5.02 Å². The average molecular weight is 371 g/mol. The first-order chi connectivity index (χ1) is 9.86. The molecule has 0 aliphatic heterocycles. The summed E-state index contributed by atoms with van der Waals surface area (Å²) in [7, 11) is 0. The Morgan fingerprint density at radius 3 is 2.62 bits per heavy atom. The predicted octanol–water partition coefficient (Wildman–Crippen LogP) is 3.85. The van der Waals surface area contributed by atoms with E-state index in [1.54, 1.807) is 12.1 Å². The fourth-order valence-electron chi connectivity index (χ4n) is 1.70. The molecule has 0 saturated heterocycles. The summed E-state index contributed by atoms with van der Waals surface area (Å²) in [6.45, 7) is 0. The molecule has 0 unspecified atom stereocenters. The van der Waals surface area contributed by atoms with Crippen LogP contribution in [0, 0.1) is 10.1 Å². The maximum atomic E-state index is 12.1. The van der Waals surface area contributed by atoms with Gasteiger partial charge in [-0.3, -0.25) is 14.9 Å². The minimum Gasteiger partial charge on any atom is -0.399 e. The van der Waals surface area contributed by atoms with E-state index in [1.807, 2.05) is 0 Å². The smallest absolute Gasteiger partial charge is 0.294 e. The summed E-state index contributed by atoms with van der Waals surface area (Å²) in [6, 6.07) is 8.68. The highest BCUT2D eigenvalue weighted by atomic mass is 79.9. The molecule has 3 N–H and O–H groups in total. The normalized spacial score (nSPS) is 10.2. The molecule has 2 aromatic rings. The number of carbonyl (C=O) groups is 1. The number of rotatable bonds is 3. The molecule has 0 fully saturated rings. The highest BCUT2D eigenvalue weighted by Crippen LogP contribution is 2.28. The Bertz CT molecular complexity index is 716. The molecule has 0 radical (unpaired) electrons. The number of nitrogens with one attached hydrogen (secondary N) is 1. The van der Waals surface area contributed by atoms with Gasteiger partial charge in [0.2, 0.25) is 0 Å². The van der Waals surface area contributed by atoms with Crippen molar-refractivity contribution in [2.75, 3.05) is 11.1 Å². The Balaban J connectivity index is 2.33. The third-order valence-corrected chi connectivity index (χ3v) is 3.28. The lowest BCUT2D eigenvalue weighted by molar-refractivity contribution is -0.383. The lowest BCUT2D eigenvalue weighted by Crippen LogP contribution is -2.13. The van der Waals surface area contributed by atoms with E-state index in [9.17, 15) is 14.9 Å². The van der Waals surface area contributed by atoms with Gasteiger partial charge in [0.25, 0.3) is 11.6 Å². The molecule has 0 saturated carbocycles. The molecular weight excluding hydrogens is 362 g/mol. The van der Waals surface area contributed by atoms with Crippen molar-refractivity contribution in [2.45, 2.75) is 0 Å². The molecule has 6 nitrogen and oxygen atoms in total. The van der Waals surface area contributed by atoms with E-state index in [0.29, 0.717) is 10.2 Å². The van der Waals surface area contributed by atoms with E-state index in [4.69, 9.17) is 17.3 Å². The van der Waals surface area contributed by atoms with Gasteiger partial charge in [0.05, 0.1) is 4.92 Å². The zero-order valence-corrected chi connectivity index (χ0v) is 12.8. The van der Waals surface area contributed by atoms with Gasteiger partial charge in [-0.2, -0.15) is 0 Å². The largest absolute Gasteiger partial charge is 0.399 e. The van der Waals surface area contributed by atoms with Crippen molar-refractivity contribution in [3.63, 3.8) is 0 Å². The van der Waals surface area contributed by atoms with Gasteiger partial charge in [-0.15, -0.1) is 0 Å². The second-order valence-electron chi connectivity index (χ2n) is 4.15. The van der Waals surface area contributed by atoms with Crippen molar-refractivity contribution >= 4 is 50.5 Å². The Morgan fingerprint density at radius 1 is 1.29 bits per heavy atom. The Labute approximate surface area is 133 Å². The zero-order chi connectivity index (χ0) is 15.6. The highest BCUT2D eigenvalue weighted by molar-refractivity contribution is 9.10. The summed E-state index contributed by atoms with van der Waals surface area (Å²) < 4.78 is 0.637. The number of nitro benzene ring substituents is 1. The molecule has 0 aliphatic carbocycles. The minimum absolute atomic E-state index is 0.0629. The van der Waals surface area contributed by atoms with Crippen LogP contribution in [0.15, 0.2) is 40.9 Å². The number of hydrogen-bond donors (Lipinski definition) is 2. The Kier molecular flexibility index (Phi) is 4.44. The predicted molar refractivity (Wildman–Crippen MR) is 84.6 cm³/mol. The van der Waals surface area contributed by atoms with Crippen molar-refractivity contribution in [2.24, 2.45) is 0 Å².